The number of carboxylic acid groups (broad SMARTS) is 1. The minimum atomic E-state index is -1.31. The zero-order valence-corrected chi connectivity index (χ0v) is 10.8. The maximum absolute atomic E-state index is 12.0. The van der Waals surface area contributed by atoms with E-state index in [0.29, 0.717) is 5.56 Å². The average molecular weight is 264 g/mol. The van der Waals surface area contributed by atoms with Crippen LogP contribution in [0.4, 0.5) is 0 Å². The molecular weight excluding hydrogens is 248 g/mol. The second kappa shape index (κ2) is 5.99. The summed E-state index contributed by atoms with van der Waals surface area (Å²) in [7, 11) is 0. The van der Waals surface area contributed by atoms with Crippen molar-refractivity contribution in [2.24, 2.45) is 5.73 Å². The van der Waals surface area contributed by atoms with Crippen LogP contribution in [0.5, 0.6) is 0 Å². The van der Waals surface area contributed by atoms with E-state index in [1.165, 1.54) is 0 Å². The van der Waals surface area contributed by atoms with E-state index in [1.54, 1.807) is 19.1 Å². The zero-order chi connectivity index (χ0) is 14.6. The molecule has 2 amide bonds. The topological polar surface area (TPSA) is 109 Å². The lowest BCUT2D eigenvalue weighted by molar-refractivity contribution is -0.140. The number of aliphatic carboxylic acids is 1. The Labute approximate surface area is 110 Å². The molecule has 1 aromatic carbocycles. The molecule has 19 heavy (non-hydrogen) atoms. The number of aryl methyl sites for hydroxylation is 2. The Hall–Kier alpha value is -2.37. The molecule has 0 aliphatic rings. The number of rotatable bonds is 5. The standard InChI is InChI=1S/C13H16N2O4/c1-7-3-4-8(2)9(5-7)12(17)15-10(13(18)19)6-11(14)16/h3-5,10H,6H2,1-2H3,(H2,14,16)(H,15,17)(H,18,19). The van der Waals surface area contributed by atoms with Crippen LogP contribution in [0.15, 0.2) is 18.2 Å². The van der Waals surface area contributed by atoms with E-state index in [1.807, 2.05) is 13.0 Å². The number of benzene rings is 1. The number of carbonyl (C=O) groups is 3. The van der Waals surface area contributed by atoms with Crippen molar-refractivity contribution in [2.45, 2.75) is 26.3 Å². The van der Waals surface area contributed by atoms with Gasteiger partial charge in [-0.1, -0.05) is 17.7 Å². The first-order chi connectivity index (χ1) is 8.81. The Bertz CT molecular complexity index is 525. The smallest absolute Gasteiger partial charge is 0.326 e. The van der Waals surface area contributed by atoms with Crippen LogP contribution in [0.1, 0.15) is 27.9 Å². The SMILES string of the molecule is Cc1ccc(C)c(C(=O)NC(CC(N)=O)C(=O)O)c1. The highest BCUT2D eigenvalue weighted by Gasteiger charge is 2.23. The lowest BCUT2D eigenvalue weighted by Crippen LogP contribution is -2.43. The van der Waals surface area contributed by atoms with Crippen molar-refractivity contribution >= 4 is 17.8 Å². The maximum Gasteiger partial charge on any atom is 0.326 e. The van der Waals surface area contributed by atoms with E-state index >= 15 is 0 Å². The van der Waals surface area contributed by atoms with Crippen molar-refractivity contribution in [3.05, 3.63) is 34.9 Å². The lowest BCUT2D eigenvalue weighted by atomic mass is 10.0. The third-order valence-electron chi connectivity index (χ3n) is 2.65. The molecule has 0 heterocycles. The number of primary amides is 1. The minimum Gasteiger partial charge on any atom is -0.480 e. The summed E-state index contributed by atoms with van der Waals surface area (Å²) in [6, 6.07) is 3.97. The van der Waals surface area contributed by atoms with E-state index in [-0.39, 0.29) is 0 Å². The van der Waals surface area contributed by atoms with Crippen LogP contribution < -0.4 is 11.1 Å². The molecule has 0 fully saturated rings. The summed E-state index contributed by atoms with van der Waals surface area (Å²) in [5, 5.41) is 11.2. The molecule has 0 aromatic heterocycles. The largest absolute Gasteiger partial charge is 0.480 e. The number of amides is 2. The van der Waals surface area contributed by atoms with Crippen molar-refractivity contribution in [3.8, 4) is 0 Å². The monoisotopic (exact) mass is 264 g/mol. The molecule has 1 rings (SSSR count). The lowest BCUT2D eigenvalue weighted by Gasteiger charge is -2.14. The van der Waals surface area contributed by atoms with Gasteiger partial charge in [-0.25, -0.2) is 4.79 Å². The highest BCUT2D eigenvalue weighted by Crippen LogP contribution is 2.11. The Balaban J connectivity index is 2.90. The van der Waals surface area contributed by atoms with Gasteiger partial charge in [0.1, 0.15) is 6.04 Å². The summed E-state index contributed by atoms with van der Waals surface area (Å²) in [5.74, 6) is -2.61. The van der Waals surface area contributed by atoms with Gasteiger partial charge in [-0.15, -0.1) is 0 Å². The normalized spacial score (nSPS) is 11.7. The molecule has 6 heteroatoms. The highest BCUT2D eigenvalue weighted by molar-refractivity contribution is 5.98. The van der Waals surface area contributed by atoms with Gasteiger partial charge in [-0.05, 0) is 25.5 Å². The van der Waals surface area contributed by atoms with E-state index in [0.717, 1.165) is 11.1 Å². The van der Waals surface area contributed by atoms with Crippen molar-refractivity contribution in [2.75, 3.05) is 0 Å². The molecule has 0 saturated carbocycles. The number of hydrogen-bond donors (Lipinski definition) is 3. The van der Waals surface area contributed by atoms with Crippen molar-refractivity contribution in [1.82, 2.24) is 5.32 Å². The van der Waals surface area contributed by atoms with Crippen LogP contribution in [-0.2, 0) is 9.59 Å². The molecule has 102 valence electrons. The van der Waals surface area contributed by atoms with Gasteiger partial charge >= 0.3 is 5.97 Å². The van der Waals surface area contributed by atoms with Crippen LogP contribution in [0.3, 0.4) is 0 Å². The quantitative estimate of drug-likeness (QED) is 0.713. The first-order valence-corrected chi connectivity index (χ1v) is 5.70. The molecule has 0 saturated heterocycles. The van der Waals surface area contributed by atoms with Crippen molar-refractivity contribution < 1.29 is 19.5 Å². The fourth-order valence-corrected chi connectivity index (χ4v) is 1.62. The number of hydrogen-bond acceptors (Lipinski definition) is 3. The molecular formula is C13H16N2O4. The molecule has 1 unspecified atom stereocenters. The highest BCUT2D eigenvalue weighted by atomic mass is 16.4. The molecule has 0 bridgehead atoms. The predicted octanol–water partition coefficient (Wildman–Crippen LogP) is 0.362. The van der Waals surface area contributed by atoms with Gasteiger partial charge in [0.15, 0.2) is 0 Å². The molecule has 0 aliphatic heterocycles. The zero-order valence-electron chi connectivity index (χ0n) is 10.8. The first-order valence-electron chi connectivity index (χ1n) is 5.70. The van der Waals surface area contributed by atoms with Crippen LogP contribution in [0, 0.1) is 13.8 Å². The molecule has 6 nitrogen and oxygen atoms in total. The van der Waals surface area contributed by atoms with Gasteiger partial charge in [-0.3, -0.25) is 9.59 Å². The first kappa shape index (κ1) is 14.7. The van der Waals surface area contributed by atoms with Crippen molar-refractivity contribution in [3.63, 3.8) is 0 Å². The number of nitrogens with one attached hydrogen (secondary N) is 1. The molecule has 1 aromatic rings. The van der Waals surface area contributed by atoms with E-state index in [9.17, 15) is 14.4 Å². The third kappa shape index (κ3) is 4.09. The van der Waals surface area contributed by atoms with Crippen LogP contribution in [0.2, 0.25) is 0 Å². The third-order valence-corrected chi connectivity index (χ3v) is 2.65. The number of carbonyl (C=O) groups excluding carboxylic acids is 2. The maximum atomic E-state index is 12.0. The Morgan fingerprint density at radius 3 is 2.47 bits per heavy atom. The van der Waals surface area contributed by atoms with E-state index in [2.05, 4.69) is 5.32 Å². The molecule has 4 N–H and O–H groups in total. The van der Waals surface area contributed by atoms with Gasteiger partial charge in [0.05, 0.1) is 6.42 Å². The van der Waals surface area contributed by atoms with Crippen LogP contribution >= 0.6 is 0 Å². The fourth-order valence-electron chi connectivity index (χ4n) is 1.62. The van der Waals surface area contributed by atoms with Gasteiger partial charge < -0.3 is 16.2 Å². The average Bonchev–Trinajstić information content (AvgIpc) is 2.30. The minimum absolute atomic E-state index is 0.385. The van der Waals surface area contributed by atoms with Gasteiger partial charge in [-0.2, -0.15) is 0 Å². The van der Waals surface area contributed by atoms with Crippen LogP contribution in [-0.4, -0.2) is 28.9 Å². The Morgan fingerprint density at radius 1 is 1.32 bits per heavy atom. The second-order valence-electron chi connectivity index (χ2n) is 4.35. The summed E-state index contributed by atoms with van der Waals surface area (Å²) >= 11 is 0. The Kier molecular flexibility index (Phi) is 4.63. The molecule has 0 aliphatic carbocycles. The van der Waals surface area contributed by atoms with Gasteiger partial charge in [0.2, 0.25) is 5.91 Å². The number of carboxylic acids is 1. The van der Waals surface area contributed by atoms with Crippen molar-refractivity contribution in [1.29, 1.82) is 0 Å². The summed E-state index contributed by atoms with van der Waals surface area (Å²) in [6.45, 7) is 3.58. The number of nitrogens with two attached hydrogens (primary N) is 1. The molecule has 1 atom stereocenters. The molecule has 0 radical (unpaired) electrons. The summed E-state index contributed by atoms with van der Waals surface area (Å²) in [5.41, 5.74) is 6.95. The summed E-state index contributed by atoms with van der Waals surface area (Å²) < 4.78 is 0. The van der Waals surface area contributed by atoms with Gasteiger partial charge in [0, 0.05) is 5.56 Å². The fraction of sp³-hybridized carbons (Fsp3) is 0.308. The second-order valence-corrected chi connectivity index (χ2v) is 4.35. The van der Waals surface area contributed by atoms with E-state index in [4.69, 9.17) is 10.8 Å². The van der Waals surface area contributed by atoms with Gasteiger partial charge in [0.25, 0.3) is 5.91 Å². The molecule has 0 spiro atoms. The van der Waals surface area contributed by atoms with E-state index < -0.39 is 30.2 Å². The summed E-state index contributed by atoms with van der Waals surface area (Å²) in [6.07, 6.45) is -0.439. The predicted molar refractivity (Wildman–Crippen MR) is 68.6 cm³/mol. The Morgan fingerprint density at radius 2 is 1.95 bits per heavy atom. The summed E-state index contributed by atoms with van der Waals surface area (Å²) in [4.78, 5) is 33.7. The van der Waals surface area contributed by atoms with Crippen LogP contribution in [0.25, 0.3) is 0 Å².